The summed E-state index contributed by atoms with van der Waals surface area (Å²) in [6.45, 7) is 7.90. The van der Waals surface area contributed by atoms with E-state index in [1.165, 1.54) is 17.0 Å². The minimum absolute atomic E-state index is 0.0284. The first-order valence-corrected chi connectivity index (χ1v) is 11.4. The van der Waals surface area contributed by atoms with Gasteiger partial charge in [-0.2, -0.15) is 4.58 Å². The number of nitrogens with zero attached hydrogens (tertiary/aromatic N) is 1. The molecule has 9 heteroatoms. The third-order valence-corrected chi connectivity index (χ3v) is 4.51. The zero-order valence-corrected chi connectivity index (χ0v) is 17.8. The van der Waals surface area contributed by atoms with Crippen molar-refractivity contribution in [3.05, 3.63) is 72.4 Å². The summed E-state index contributed by atoms with van der Waals surface area (Å²) in [7, 11) is -10.7. The van der Waals surface area contributed by atoms with Crippen molar-refractivity contribution in [2.75, 3.05) is 11.9 Å². The molecule has 0 atom stereocenters. The van der Waals surface area contributed by atoms with Crippen LogP contribution in [0.2, 0.25) is 0 Å². The molecule has 0 saturated carbocycles. The monoisotopic (exact) mass is 450 g/mol. The van der Waals surface area contributed by atoms with Crippen LogP contribution in [-0.2, 0) is 5.41 Å². The van der Waals surface area contributed by atoms with Crippen molar-refractivity contribution in [1.29, 1.82) is 0 Å². The van der Waals surface area contributed by atoms with Gasteiger partial charge in [0, 0.05) is 36.0 Å². The number of fused-ring (bicyclic) bond motifs is 1. The molecule has 2 aromatic carbocycles. The van der Waals surface area contributed by atoms with Crippen LogP contribution in [0.1, 0.15) is 32.8 Å². The van der Waals surface area contributed by atoms with Crippen molar-refractivity contribution in [2.45, 2.75) is 32.6 Å². The number of nitrogens with one attached hydrogen (secondary N) is 1. The average Bonchev–Trinajstić information content (AvgIpc) is 2.82. The fraction of sp³-hybridized carbons (Fsp3) is 0.286. The van der Waals surface area contributed by atoms with E-state index in [2.05, 4.69) is 79.3 Å². The first-order chi connectivity index (χ1) is 13.6. The molecule has 0 bridgehead atoms. The minimum atomic E-state index is -10.7. The number of allylic oxidation sites excluding steroid dienone is 1. The van der Waals surface area contributed by atoms with E-state index in [1.807, 2.05) is 18.2 Å². The molecule has 1 aliphatic heterocycles. The summed E-state index contributed by atoms with van der Waals surface area (Å²) < 4.78 is 61.7. The van der Waals surface area contributed by atoms with E-state index in [1.54, 1.807) is 0 Å². The zero-order valence-electron chi connectivity index (χ0n) is 16.9. The van der Waals surface area contributed by atoms with Crippen molar-refractivity contribution < 1.29 is 29.8 Å². The first-order valence-electron chi connectivity index (χ1n) is 9.38. The molecular weight excluding hydrogens is 425 g/mol. The van der Waals surface area contributed by atoms with Gasteiger partial charge in [0.2, 0.25) is 5.69 Å². The number of rotatable bonds is 5. The van der Waals surface area contributed by atoms with Gasteiger partial charge in [-0.1, -0.05) is 43.3 Å². The number of para-hydroxylation sites is 2. The van der Waals surface area contributed by atoms with E-state index in [9.17, 15) is 25.2 Å². The van der Waals surface area contributed by atoms with Gasteiger partial charge in [0.25, 0.3) is 0 Å². The maximum absolute atomic E-state index is 10.7. The average molecular weight is 450 g/mol. The van der Waals surface area contributed by atoms with Gasteiger partial charge in [-0.25, -0.2) is 0 Å². The van der Waals surface area contributed by atoms with Gasteiger partial charge in [-0.15, -0.1) is 0 Å². The van der Waals surface area contributed by atoms with Crippen molar-refractivity contribution in [3.8, 4) is 0 Å². The molecule has 1 N–H and O–H groups in total. The van der Waals surface area contributed by atoms with Gasteiger partial charge < -0.3 is 5.32 Å². The second-order valence-electron chi connectivity index (χ2n) is 7.48. The SMILES string of the molecule is CCC[N+]1=C(/C=C/Nc2ccccc2)C(C)(C)c2ccccc21.F[P-](F)(F)(F)(F)F. The Morgan fingerprint density at radius 2 is 1.43 bits per heavy atom. The van der Waals surface area contributed by atoms with Crippen LogP contribution in [0.25, 0.3) is 0 Å². The number of anilines is 1. The summed E-state index contributed by atoms with van der Waals surface area (Å²) in [5.41, 5.74) is 5.25. The van der Waals surface area contributed by atoms with E-state index in [0.29, 0.717) is 0 Å². The summed E-state index contributed by atoms with van der Waals surface area (Å²) in [6, 6.07) is 19.0. The van der Waals surface area contributed by atoms with E-state index in [4.69, 9.17) is 0 Å². The number of halogens is 6. The summed E-state index contributed by atoms with van der Waals surface area (Å²) in [5.74, 6) is 0. The normalized spacial score (nSPS) is 17.6. The second-order valence-corrected chi connectivity index (χ2v) is 9.40. The molecule has 1 aliphatic rings. The van der Waals surface area contributed by atoms with Crippen molar-refractivity contribution in [2.24, 2.45) is 0 Å². The summed E-state index contributed by atoms with van der Waals surface area (Å²) in [5, 5.41) is 3.37. The van der Waals surface area contributed by atoms with Crippen LogP contribution in [0, 0.1) is 0 Å². The van der Waals surface area contributed by atoms with Gasteiger partial charge >= 0.3 is 33.0 Å². The topological polar surface area (TPSA) is 15.0 Å². The Labute approximate surface area is 172 Å². The van der Waals surface area contributed by atoms with Crippen LogP contribution in [0.4, 0.5) is 36.6 Å². The molecule has 0 aliphatic carbocycles. The van der Waals surface area contributed by atoms with E-state index in [0.717, 1.165) is 18.7 Å². The van der Waals surface area contributed by atoms with Gasteiger partial charge in [0.15, 0.2) is 5.71 Å². The Hall–Kier alpha value is -2.34. The molecule has 2 aromatic rings. The quantitative estimate of drug-likeness (QED) is 0.274. The number of hydrogen-bond donors (Lipinski definition) is 1. The third-order valence-electron chi connectivity index (χ3n) is 4.51. The Bertz CT molecular complexity index is 937. The Kier molecular flexibility index (Phi) is 6.17. The van der Waals surface area contributed by atoms with Crippen molar-refractivity contribution >= 4 is 24.9 Å². The van der Waals surface area contributed by atoms with Crippen molar-refractivity contribution in [1.82, 2.24) is 0 Å². The van der Waals surface area contributed by atoms with Crippen LogP contribution in [0.3, 0.4) is 0 Å². The molecule has 2 nitrogen and oxygen atoms in total. The molecule has 0 unspecified atom stereocenters. The predicted molar refractivity (Wildman–Crippen MR) is 112 cm³/mol. The Balaban J connectivity index is 0.000000396. The molecule has 0 saturated heterocycles. The van der Waals surface area contributed by atoms with Crippen LogP contribution in [0.5, 0.6) is 0 Å². The van der Waals surface area contributed by atoms with Gasteiger partial charge in [0.1, 0.15) is 6.54 Å². The molecule has 0 amide bonds. The number of hydrogen-bond acceptors (Lipinski definition) is 1. The standard InChI is InChI=1S/C21H24N2.F6P/c1-4-16-23-19-13-9-8-12-18(19)21(2,3)20(23)14-15-22-17-10-6-5-7-11-17;1-7(2,3,4,5)6/h5-15H,4,16H2,1-3H3;/q;-1/p+1. The van der Waals surface area contributed by atoms with Crippen LogP contribution < -0.4 is 5.32 Å². The molecule has 3 rings (SSSR count). The maximum atomic E-state index is 9.87. The molecule has 0 fully saturated rings. The second kappa shape index (κ2) is 7.73. The molecule has 0 aromatic heterocycles. The van der Waals surface area contributed by atoms with E-state index in [-0.39, 0.29) is 5.41 Å². The van der Waals surface area contributed by atoms with Crippen molar-refractivity contribution in [3.63, 3.8) is 0 Å². The van der Waals surface area contributed by atoms with Gasteiger partial charge in [0.05, 0.1) is 5.41 Å². The van der Waals surface area contributed by atoms with Gasteiger partial charge in [-0.05, 0) is 26.0 Å². The molecule has 0 radical (unpaired) electrons. The van der Waals surface area contributed by atoms with Crippen LogP contribution in [-0.4, -0.2) is 16.8 Å². The van der Waals surface area contributed by atoms with E-state index >= 15 is 0 Å². The Morgan fingerprint density at radius 3 is 2.00 bits per heavy atom. The predicted octanol–water partition coefficient (Wildman–Crippen LogP) is 8.48. The zero-order chi connectivity index (χ0) is 22.7. The summed E-state index contributed by atoms with van der Waals surface area (Å²) in [4.78, 5) is 0. The van der Waals surface area contributed by atoms with E-state index < -0.39 is 7.81 Å². The van der Waals surface area contributed by atoms with Crippen LogP contribution in [0.15, 0.2) is 66.9 Å². The third kappa shape index (κ3) is 7.48. The fourth-order valence-electron chi connectivity index (χ4n) is 3.36. The Morgan fingerprint density at radius 1 is 0.900 bits per heavy atom. The first kappa shape index (κ1) is 23.9. The molecule has 0 spiro atoms. The summed E-state index contributed by atoms with van der Waals surface area (Å²) >= 11 is 0. The van der Waals surface area contributed by atoms with Crippen LogP contribution >= 0.6 is 7.81 Å². The molecule has 166 valence electrons. The molecule has 1 heterocycles. The number of benzene rings is 2. The fourth-order valence-corrected chi connectivity index (χ4v) is 3.36. The molecular formula is C21H25F6N2P. The molecule has 30 heavy (non-hydrogen) atoms. The summed E-state index contributed by atoms with van der Waals surface area (Å²) in [6.07, 6.45) is 5.41. The van der Waals surface area contributed by atoms with Gasteiger partial charge in [-0.3, -0.25) is 0 Å².